The van der Waals surface area contributed by atoms with Gasteiger partial charge in [0.2, 0.25) is 0 Å². The number of hydrogen-bond donors (Lipinski definition) is 0. The van der Waals surface area contributed by atoms with Crippen molar-refractivity contribution in [3.63, 3.8) is 0 Å². The summed E-state index contributed by atoms with van der Waals surface area (Å²) in [6.45, 7) is 4.01. The molecule has 0 saturated carbocycles. The molecule has 2 heterocycles. The van der Waals surface area contributed by atoms with Gasteiger partial charge in [-0.2, -0.15) is 0 Å². The lowest BCUT2D eigenvalue weighted by molar-refractivity contribution is -0.147. The SMILES string of the molecule is C[C@H](OC[C@H]1CCCCO1)C(=O)N1CCC[C@@H]1c1cccc2ccccc12. The second-order valence-corrected chi connectivity index (χ2v) is 7.72. The first-order valence-electron chi connectivity index (χ1n) is 10.3. The standard InChI is InChI=1S/C23H29NO3/c1-17(27-16-19-10-4-5-15-26-19)23(25)24-14-7-13-22(24)21-12-6-9-18-8-2-3-11-20(18)21/h2-3,6,8-9,11-12,17,19,22H,4-5,7,10,13-16H2,1H3/t17-,19+,22+/m0/s1. The summed E-state index contributed by atoms with van der Waals surface area (Å²) in [5.74, 6) is 0.0984. The summed E-state index contributed by atoms with van der Waals surface area (Å²) in [5, 5.41) is 2.47. The van der Waals surface area contributed by atoms with E-state index < -0.39 is 6.10 Å². The number of benzene rings is 2. The van der Waals surface area contributed by atoms with Gasteiger partial charge >= 0.3 is 0 Å². The van der Waals surface area contributed by atoms with E-state index in [4.69, 9.17) is 9.47 Å². The highest BCUT2D eigenvalue weighted by Crippen LogP contribution is 2.36. The highest BCUT2D eigenvalue weighted by atomic mass is 16.5. The minimum atomic E-state index is -0.425. The molecule has 2 saturated heterocycles. The Balaban J connectivity index is 1.46. The Morgan fingerprint density at radius 1 is 1.15 bits per heavy atom. The van der Waals surface area contributed by atoms with Gasteiger partial charge < -0.3 is 14.4 Å². The fourth-order valence-corrected chi connectivity index (χ4v) is 4.39. The lowest BCUT2D eigenvalue weighted by Crippen LogP contribution is -2.40. The third kappa shape index (κ3) is 4.02. The van der Waals surface area contributed by atoms with Gasteiger partial charge in [-0.05, 0) is 55.4 Å². The van der Waals surface area contributed by atoms with Crippen molar-refractivity contribution in [1.82, 2.24) is 4.90 Å². The topological polar surface area (TPSA) is 38.8 Å². The Bertz CT molecular complexity index is 779. The van der Waals surface area contributed by atoms with Gasteiger partial charge in [-0.15, -0.1) is 0 Å². The van der Waals surface area contributed by atoms with Crippen molar-refractivity contribution < 1.29 is 14.3 Å². The van der Waals surface area contributed by atoms with Gasteiger partial charge in [0.1, 0.15) is 6.10 Å². The minimum absolute atomic E-state index is 0.0984. The molecule has 144 valence electrons. The Labute approximate surface area is 161 Å². The number of fused-ring (bicyclic) bond motifs is 1. The molecule has 4 rings (SSSR count). The van der Waals surface area contributed by atoms with Crippen molar-refractivity contribution >= 4 is 16.7 Å². The molecule has 0 radical (unpaired) electrons. The molecule has 3 atom stereocenters. The third-order valence-corrected chi connectivity index (χ3v) is 5.87. The summed E-state index contributed by atoms with van der Waals surface area (Å²) in [6, 6.07) is 15.0. The molecule has 0 aromatic heterocycles. The van der Waals surface area contributed by atoms with Crippen LogP contribution in [0.25, 0.3) is 10.8 Å². The van der Waals surface area contributed by atoms with Crippen LogP contribution in [0.5, 0.6) is 0 Å². The second-order valence-electron chi connectivity index (χ2n) is 7.72. The van der Waals surface area contributed by atoms with Gasteiger partial charge in [-0.25, -0.2) is 0 Å². The number of carbonyl (C=O) groups is 1. The van der Waals surface area contributed by atoms with Crippen LogP contribution in [-0.4, -0.2) is 42.8 Å². The van der Waals surface area contributed by atoms with Crippen LogP contribution < -0.4 is 0 Å². The molecule has 1 amide bonds. The summed E-state index contributed by atoms with van der Waals surface area (Å²) in [4.78, 5) is 15.1. The van der Waals surface area contributed by atoms with E-state index in [1.807, 2.05) is 11.8 Å². The number of carbonyl (C=O) groups excluding carboxylic acids is 1. The normalized spacial score (nSPS) is 24.3. The zero-order chi connectivity index (χ0) is 18.6. The van der Waals surface area contributed by atoms with Crippen molar-refractivity contribution in [1.29, 1.82) is 0 Å². The summed E-state index contributed by atoms with van der Waals surface area (Å²) in [7, 11) is 0. The van der Waals surface area contributed by atoms with Crippen LogP contribution in [0.1, 0.15) is 50.6 Å². The average molecular weight is 367 g/mol. The van der Waals surface area contributed by atoms with Gasteiger partial charge in [-0.1, -0.05) is 42.5 Å². The summed E-state index contributed by atoms with van der Waals surface area (Å²) >= 11 is 0. The molecule has 0 N–H and O–H groups in total. The first-order chi connectivity index (χ1) is 13.2. The molecule has 4 nitrogen and oxygen atoms in total. The van der Waals surface area contributed by atoms with Gasteiger partial charge in [0.05, 0.1) is 18.8 Å². The number of hydrogen-bond acceptors (Lipinski definition) is 3. The number of nitrogens with zero attached hydrogens (tertiary/aromatic N) is 1. The van der Waals surface area contributed by atoms with E-state index >= 15 is 0 Å². The van der Waals surface area contributed by atoms with Crippen LogP contribution in [0.4, 0.5) is 0 Å². The van der Waals surface area contributed by atoms with E-state index in [0.29, 0.717) is 6.61 Å². The minimum Gasteiger partial charge on any atom is -0.376 e. The predicted octanol–water partition coefficient (Wildman–Crippen LogP) is 4.48. The van der Waals surface area contributed by atoms with E-state index in [2.05, 4.69) is 42.5 Å². The molecule has 2 fully saturated rings. The molecule has 0 aliphatic carbocycles. The van der Waals surface area contributed by atoms with Gasteiger partial charge in [0, 0.05) is 13.2 Å². The maximum Gasteiger partial charge on any atom is 0.251 e. The molecule has 2 aliphatic heterocycles. The van der Waals surface area contributed by atoms with Crippen molar-refractivity contribution in [3.05, 3.63) is 48.0 Å². The van der Waals surface area contributed by atoms with Crippen LogP contribution in [0.3, 0.4) is 0 Å². The Kier molecular flexibility index (Phi) is 5.74. The molecular weight excluding hydrogens is 338 g/mol. The van der Waals surface area contributed by atoms with Crippen molar-refractivity contribution in [2.24, 2.45) is 0 Å². The summed E-state index contributed by atoms with van der Waals surface area (Å²) < 4.78 is 11.6. The molecule has 0 spiro atoms. The zero-order valence-electron chi connectivity index (χ0n) is 16.1. The first kappa shape index (κ1) is 18.5. The Morgan fingerprint density at radius 2 is 2.00 bits per heavy atom. The molecule has 0 bridgehead atoms. The van der Waals surface area contributed by atoms with E-state index in [-0.39, 0.29) is 18.1 Å². The maximum absolute atomic E-state index is 13.1. The molecule has 2 aromatic carbocycles. The smallest absolute Gasteiger partial charge is 0.251 e. The molecule has 2 aliphatic rings. The van der Waals surface area contributed by atoms with Crippen molar-refractivity contribution in [2.75, 3.05) is 19.8 Å². The summed E-state index contributed by atoms with van der Waals surface area (Å²) in [5.41, 5.74) is 1.25. The fourth-order valence-electron chi connectivity index (χ4n) is 4.39. The van der Waals surface area contributed by atoms with Crippen molar-refractivity contribution in [3.8, 4) is 0 Å². The van der Waals surface area contributed by atoms with E-state index in [1.165, 1.54) is 22.8 Å². The lowest BCUT2D eigenvalue weighted by Gasteiger charge is -2.30. The van der Waals surface area contributed by atoms with Crippen LogP contribution >= 0.6 is 0 Å². The highest BCUT2D eigenvalue weighted by molar-refractivity contribution is 5.87. The Hall–Kier alpha value is -1.91. The van der Waals surface area contributed by atoms with Gasteiger partial charge in [0.15, 0.2) is 0 Å². The summed E-state index contributed by atoms with van der Waals surface area (Å²) in [6.07, 6.45) is 5.11. The largest absolute Gasteiger partial charge is 0.376 e. The highest BCUT2D eigenvalue weighted by Gasteiger charge is 2.33. The van der Waals surface area contributed by atoms with Crippen LogP contribution in [0, 0.1) is 0 Å². The zero-order valence-corrected chi connectivity index (χ0v) is 16.1. The monoisotopic (exact) mass is 367 g/mol. The number of rotatable bonds is 5. The first-order valence-corrected chi connectivity index (χ1v) is 10.3. The van der Waals surface area contributed by atoms with E-state index in [9.17, 15) is 4.79 Å². The van der Waals surface area contributed by atoms with E-state index in [1.54, 1.807) is 0 Å². The quantitative estimate of drug-likeness (QED) is 0.782. The van der Waals surface area contributed by atoms with Gasteiger partial charge in [0.25, 0.3) is 5.91 Å². The van der Waals surface area contributed by atoms with Crippen molar-refractivity contribution in [2.45, 2.75) is 57.3 Å². The predicted molar refractivity (Wildman–Crippen MR) is 107 cm³/mol. The van der Waals surface area contributed by atoms with E-state index in [0.717, 1.165) is 38.8 Å². The Morgan fingerprint density at radius 3 is 2.85 bits per heavy atom. The van der Waals surface area contributed by atoms with Crippen LogP contribution in [0.15, 0.2) is 42.5 Å². The average Bonchev–Trinajstić information content (AvgIpc) is 3.21. The van der Waals surface area contributed by atoms with Crippen LogP contribution in [0.2, 0.25) is 0 Å². The molecule has 0 unspecified atom stereocenters. The third-order valence-electron chi connectivity index (χ3n) is 5.87. The molecule has 4 heteroatoms. The number of amides is 1. The lowest BCUT2D eigenvalue weighted by atomic mass is 9.97. The second kappa shape index (κ2) is 8.41. The molecular formula is C23H29NO3. The van der Waals surface area contributed by atoms with Gasteiger partial charge in [-0.3, -0.25) is 4.79 Å². The maximum atomic E-state index is 13.1. The fraction of sp³-hybridized carbons (Fsp3) is 0.522. The number of ether oxygens (including phenoxy) is 2. The molecule has 2 aromatic rings. The van der Waals surface area contributed by atoms with Crippen LogP contribution in [-0.2, 0) is 14.3 Å². The molecule has 27 heavy (non-hydrogen) atoms. The number of likely N-dealkylation sites (tertiary alicyclic amines) is 1.